The second-order valence-corrected chi connectivity index (χ2v) is 11.0. The second-order valence-electron chi connectivity index (χ2n) is 11.0. The molecule has 0 aliphatic heterocycles. The van der Waals surface area contributed by atoms with Gasteiger partial charge >= 0.3 is 5.97 Å². The Hall–Kier alpha value is -5.24. The van der Waals surface area contributed by atoms with Crippen molar-refractivity contribution in [3.8, 4) is 28.7 Å². The molecule has 8 nitrogen and oxygen atoms in total. The van der Waals surface area contributed by atoms with Gasteiger partial charge in [-0.3, -0.25) is 4.79 Å². The van der Waals surface area contributed by atoms with E-state index in [2.05, 4.69) is 33.8 Å². The molecule has 0 spiro atoms. The van der Waals surface area contributed by atoms with Crippen LogP contribution in [0.2, 0.25) is 0 Å². The number of rotatable bonds is 14. The summed E-state index contributed by atoms with van der Waals surface area (Å²) in [5, 5.41) is 11.1. The van der Waals surface area contributed by atoms with Crippen molar-refractivity contribution in [3.05, 3.63) is 108 Å². The number of fused-ring (bicyclic) bond motifs is 3. The molecule has 0 fully saturated rings. The number of oxazole rings is 1. The highest BCUT2D eigenvalue weighted by Crippen LogP contribution is 2.37. The zero-order chi connectivity index (χ0) is 31.2. The average molecular weight is 605 g/mol. The maximum Gasteiger partial charge on any atom is 0.303 e. The summed E-state index contributed by atoms with van der Waals surface area (Å²) in [7, 11) is 1.65. The second kappa shape index (κ2) is 13.6. The van der Waals surface area contributed by atoms with Gasteiger partial charge in [0, 0.05) is 34.8 Å². The molecule has 0 bridgehead atoms. The van der Waals surface area contributed by atoms with E-state index >= 15 is 0 Å². The number of carboxylic acid groups (broad SMARTS) is 1. The number of aliphatic carboxylic acids is 1. The molecular weight excluding hydrogens is 568 g/mol. The molecule has 4 aromatic carbocycles. The standard InChI is InChI=1S/C37H36N2O6/c1-25-29(38-37(45-25)27-12-5-3-6-13-27)24-44-32-20-19-26(22-34(32)42-2)23-39-30-15-9-8-14-28(30)36-31(39)16-11-17-33(36)43-21-10-4-7-18-35(40)41/h3,5-6,8-9,11-17,19-20,22H,4,7,10,18,21,23-24H2,1-2H3,(H,40,41). The van der Waals surface area contributed by atoms with E-state index in [9.17, 15) is 4.79 Å². The fraction of sp³-hybridized carbons (Fsp3) is 0.243. The first-order valence-electron chi connectivity index (χ1n) is 15.2. The van der Waals surface area contributed by atoms with Crippen molar-refractivity contribution in [2.45, 2.75) is 45.8 Å². The molecule has 0 saturated carbocycles. The van der Waals surface area contributed by atoms with Gasteiger partial charge in [-0.25, -0.2) is 4.98 Å². The number of methoxy groups -OCH3 is 1. The first-order chi connectivity index (χ1) is 22.0. The van der Waals surface area contributed by atoms with Crippen LogP contribution in [0, 0.1) is 6.92 Å². The molecule has 0 aliphatic rings. The van der Waals surface area contributed by atoms with Crippen LogP contribution in [-0.2, 0) is 17.9 Å². The summed E-state index contributed by atoms with van der Waals surface area (Å²) >= 11 is 0. The number of para-hydroxylation sites is 1. The molecule has 45 heavy (non-hydrogen) atoms. The molecule has 1 N–H and O–H groups in total. The average Bonchev–Trinajstić information content (AvgIpc) is 3.60. The van der Waals surface area contributed by atoms with E-state index in [1.807, 2.05) is 73.7 Å². The van der Waals surface area contributed by atoms with E-state index in [0.717, 1.165) is 63.0 Å². The third kappa shape index (κ3) is 6.65. The van der Waals surface area contributed by atoms with Crippen molar-refractivity contribution < 1.29 is 28.5 Å². The molecule has 8 heteroatoms. The van der Waals surface area contributed by atoms with Crippen molar-refractivity contribution in [3.63, 3.8) is 0 Å². The Morgan fingerprint density at radius 2 is 1.64 bits per heavy atom. The Bertz CT molecular complexity index is 1920. The Morgan fingerprint density at radius 3 is 2.47 bits per heavy atom. The molecule has 6 aromatic rings. The number of hydrogen-bond donors (Lipinski definition) is 1. The van der Waals surface area contributed by atoms with Gasteiger partial charge in [0.25, 0.3) is 0 Å². The third-order valence-electron chi connectivity index (χ3n) is 7.90. The van der Waals surface area contributed by atoms with Crippen LogP contribution < -0.4 is 14.2 Å². The molecule has 0 aliphatic carbocycles. The predicted molar refractivity (Wildman–Crippen MR) is 174 cm³/mol. The van der Waals surface area contributed by atoms with Gasteiger partial charge in [0.1, 0.15) is 23.8 Å². The molecule has 0 radical (unpaired) electrons. The lowest BCUT2D eigenvalue weighted by Crippen LogP contribution is -2.03. The smallest absolute Gasteiger partial charge is 0.303 e. The Labute approximate surface area is 261 Å². The summed E-state index contributed by atoms with van der Waals surface area (Å²) in [6.07, 6.45) is 2.47. The Balaban J connectivity index is 1.20. The number of benzene rings is 4. The quantitative estimate of drug-likeness (QED) is 0.125. The van der Waals surface area contributed by atoms with Crippen LogP contribution in [0.25, 0.3) is 33.3 Å². The summed E-state index contributed by atoms with van der Waals surface area (Å²) < 4.78 is 26.3. The maximum absolute atomic E-state index is 10.8. The molecule has 230 valence electrons. The van der Waals surface area contributed by atoms with Crippen molar-refractivity contribution in [1.82, 2.24) is 9.55 Å². The summed E-state index contributed by atoms with van der Waals surface area (Å²) in [5.74, 6) is 2.64. The van der Waals surface area contributed by atoms with Crippen molar-refractivity contribution in [2.75, 3.05) is 13.7 Å². The van der Waals surface area contributed by atoms with E-state index in [0.29, 0.717) is 37.0 Å². The fourth-order valence-corrected chi connectivity index (χ4v) is 5.62. The van der Waals surface area contributed by atoms with Crippen molar-refractivity contribution >= 4 is 27.8 Å². The SMILES string of the molecule is COc1cc(Cn2c3ccccc3c3c(OCCCCCC(=O)O)cccc32)ccc1OCc1nc(-c2ccccc2)oc1C. The predicted octanol–water partition coefficient (Wildman–Crippen LogP) is 8.42. The van der Waals surface area contributed by atoms with Crippen LogP contribution in [0.15, 0.2) is 95.4 Å². The summed E-state index contributed by atoms with van der Waals surface area (Å²) in [6, 6.07) is 30.3. The number of nitrogens with zero attached hydrogens (tertiary/aromatic N) is 2. The Kier molecular flexibility index (Phi) is 9.01. The van der Waals surface area contributed by atoms with E-state index < -0.39 is 5.97 Å². The molecule has 6 rings (SSSR count). The number of unbranched alkanes of at least 4 members (excludes halogenated alkanes) is 2. The number of aryl methyl sites for hydroxylation is 1. The minimum atomic E-state index is -0.757. The first kappa shape index (κ1) is 29.8. The Morgan fingerprint density at radius 1 is 0.844 bits per heavy atom. The molecular formula is C37H36N2O6. The van der Waals surface area contributed by atoms with Gasteiger partial charge in [-0.15, -0.1) is 0 Å². The highest BCUT2D eigenvalue weighted by molar-refractivity contribution is 6.11. The lowest BCUT2D eigenvalue weighted by molar-refractivity contribution is -0.137. The van der Waals surface area contributed by atoms with Crippen LogP contribution in [0.1, 0.15) is 42.7 Å². The topological polar surface area (TPSA) is 96.0 Å². The van der Waals surface area contributed by atoms with Crippen molar-refractivity contribution in [1.29, 1.82) is 0 Å². The van der Waals surface area contributed by atoms with Crippen LogP contribution in [0.3, 0.4) is 0 Å². The van der Waals surface area contributed by atoms with Gasteiger partial charge in [-0.2, -0.15) is 0 Å². The minimum Gasteiger partial charge on any atom is -0.493 e. The minimum absolute atomic E-state index is 0.192. The highest BCUT2D eigenvalue weighted by atomic mass is 16.5. The van der Waals surface area contributed by atoms with Crippen molar-refractivity contribution in [2.24, 2.45) is 0 Å². The normalized spacial score (nSPS) is 11.2. The third-order valence-corrected chi connectivity index (χ3v) is 7.90. The van der Waals surface area contributed by atoms with E-state index in [1.54, 1.807) is 7.11 Å². The maximum atomic E-state index is 10.8. The first-order valence-corrected chi connectivity index (χ1v) is 15.2. The molecule has 0 unspecified atom stereocenters. The largest absolute Gasteiger partial charge is 0.493 e. The summed E-state index contributed by atoms with van der Waals surface area (Å²) in [5.41, 5.74) is 4.92. The van der Waals surface area contributed by atoms with Gasteiger partial charge < -0.3 is 28.3 Å². The zero-order valence-corrected chi connectivity index (χ0v) is 25.5. The molecule has 0 saturated heterocycles. The van der Waals surface area contributed by atoms with Gasteiger partial charge in [0.05, 0.1) is 19.2 Å². The lowest BCUT2D eigenvalue weighted by Gasteiger charge is -2.13. The summed E-state index contributed by atoms with van der Waals surface area (Å²) in [4.78, 5) is 15.4. The number of ether oxygens (including phenoxy) is 3. The molecule has 2 heterocycles. The van der Waals surface area contributed by atoms with E-state index in [1.165, 1.54) is 0 Å². The number of carboxylic acids is 1. The van der Waals surface area contributed by atoms with Gasteiger partial charge in [-0.05, 0) is 74.2 Å². The van der Waals surface area contributed by atoms with Crippen LogP contribution in [-0.4, -0.2) is 34.3 Å². The highest BCUT2D eigenvalue weighted by Gasteiger charge is 2.17. The number of carbonyl (C=O) groups is 1. The van der Waals surface area contributed by atoms with Crippen LogP contribution >= 0.6 is 0 Å². The van der Waals surface area contributed by atoms with E-state index in [-0.39, 0.29) is 13.0 Å². The monoisotopic (exact) mass is 604 g/mol. The fourth-order valence-electron chi connectivity index (χ4n) is 5.62. The van der Waals surface area contributed by atoms with Crippen LogP contribution in [0.5, 0.6) is 17.2 Å². The van der Waals surface area contributed by atoms with Gasteiger partial charge in [0.2, 0.25) is 5.89 Å². The number of aromatic nitrogens is 2. The lowest BCUT2D eigenvalue weighted by atomic mass is 10.1. The zero-order valence-electron chi connectivity index (χ0n) is 25.5. The van der Waals surface area contributed by atoms with Crippen LogP contribution in [0.4, 0.5) is 0 Å². The molecule has 0 atom stereocenters. The summed E-state index contributed by atoms with van der Waals surface area (Å²) in [6.45, 7) is 3.32. The molecule has 0 amide bonds. The van der Waals surface area contributed by atoms with Gasteiger partial charge in [-0.1, -0.05) is 48.5 Å². The number of hydrogen-bond acceptors (Lipinski definition) is 6. The van der Waals surface area contributed by atoms with Gasteiger partial charge in [0.15, 0.2) is 11.5 Å². The molecule has 2 aromatic heterocycles. The van der Waals surface area contributed by atoms with E-state index in [4.69, 9.17) is 23.7 Å².